The van der Waals surface area contributed by atoms with Gasteiger partial charge < -0.3 is 10.8 Å². The Kier molecular flexibility index (Phi) is 3.01. The summed E-state index contributed by atoms with van der Waals surface area (Å²) in [5, 5.41) is 9.64. The van der Waals surface area contributed by atoms with Gasteiger partial charge in [-0.05, 0) is 13.0 Å². The van der Waals surface area contributed by atoms with Gasteiger partial charge in [-0.1, -0.05) is 6.07 Å². The first kappa shape index (κ1) is 11.9. The summed E-state index contributed by atoms with van der Waals surface area (Å²) in [6.45, 7) is 1.33. The molecule has 15 heavy (non-hydrogen) atoms. The molecular weight excluding hydrogens is 209 g/mol. The summed E-state index contributed by atoms with van der Waals surface area (Å²) in [6.07, 6.45) is -3.48. The van der Waals surface area contributed by atoms with Crippen LogP contribution in [0, 0.1) is 0 Å². The number of hydrogen-bond donors (Lipinski definition) is 2. The zero-order valence-corrected chi connectivity index (χ0v) is 8.04. The minimum Gasteiger partial charge on any atom is -0.384 e. The highest BCUT2D eigenvalue weighted by Crippen LogP contribution is 2.28. The van der Waals surface area contributed by atoms with Gasteiger partial charge in [0, 0.05) is 18.3 Å². The van der Waals surface area contributed by atoms with Crippen LogP contribution in [0.1, 0.15) is 18.2 Å². The Hall–Kier alpha value is -1.14. The average molecular weight is 220 g/mol. The van der Waals surface area contributed by atoms with Gasteiger partial charge in [0.1, 0.15) is 11.3 Å². The van der Waals surface area contributed by atoms with E-state index < -0.39 is 17.5 Å². The third-order valence-electron chi connectivity index (χ3n) is 2.07. The molecule has 0 spiro atoms. The van der Waals surface area contributed by atoms with Crippen LogP contribution in [-0.2, 0) is 11.8 Å². The van der Waals surface area contributed by atoms with Crippen molar-refractivity contribution in [2.75, 3.05) is 6.54 Å². The SMILES string of the molecule is CC(O)(CN)c1ccc(C(F)(F)F)nc1. The molecule has 1 aromatic heterocycles. The summed E-state index contributed by atoms with van der Waals surface area (Å²) in [6, 6.07) is 1.99. The van der Waals surface area contributed by atoms with Crippen LogP contribution in [-0.4, -0.2) is 16.6 Å². The number of nitrogens with two attached hydrogens (primary N) is 1. The van der Waals surface area contributed by atoms with Gasteiger partial charge in [-0.15, -0.1) is 0 Å². The quantitative estimate of drug-likeness (QED) is 0.789. The van der Waals surface area contributed by atoms with Crippen molar-refractivity contribution in [1.82, 2.24) is 4.98 Å². The van der Waals surface area contributed by atoms with Crippen molar-refractivity contribution in [3.63, 3.8) is 0 Å². The predicted octanol–water partition coefficient (Wildman–Crippen LogP) is 1.27. The number of pyridine rings is 1. The maximum atomic E-state index is 12.1. The maximum Gasteiger partial charge on any atom is 0.433 e. The second-order valence-corrected chi connectivity index (χ2v) is 3.41. The Balaban J connectivity index is 3.01. The van der Waals surface area contributed by atoms with Gasteiger partial charge in [0.15, 0.2) is 0 Å². The van der Waals surface area contributed by atoms with Crippen molar-refractivity contribution in [1.29, 1.82) is 0 Å². The Morgan fingerprint density at radius 3 is 2.33 bits per heavy atom. The van der Waals surface area contributed by atoms with Crippen LogP contribution in [0.5, 0.6) is 0 Å². The molecule has 0 aliphatic rings. The molecule has 84 valence electrons. The van der Waals surface area contributed by atoms with Gasteiger partial charge in [0.25, 0.3) is 0 Å². The summed E-state index contributed by atoms with van der Waals surface area (Å²) < 4.78 is 36.4. The molecule has 3 nitrogen and oxygen atoms in total. The normalized spacial score (nSPS) is 16.1. The highest BCUT2D eigenvalue weighted by Gasteiger charge is 2.33. The van der Waals surface area contributed by atoms with E-state index in [2.05, 4.69) is 4.98 Å². The van der Waals surface area contributed by atoms with Crippen LogP contribution in [0.4, 0.5) is 13.2 Å². The fourth-order valence-corrected chi connectivity index (χ4v) is 0.998. The summed E-state index contributed by atoms with van der Waals surface area (Å²) in [5.41, 5.74) is 3.19. The van der Waals surface area contributed by atoms with E-state index >= 15 is 0 Å². The molecule has 0 bridgehead atoms. The number of rotatable bonds is 2. The molecule has 0 aromatic carbocycles. The standard InChI is InChI=1S/C9H11F3N2O/c1-8(15,5-13)6-2-3-7(14-4-6)9(10,11)12/h2-4,15H,5,13H2,1H3. The number of aromatic nitrogens is 1. The molecule has 0 amide bonds. The van der Waals surface area contributed by atoms with Crippen LogP contribution in [0.15, 0.2) is 18.3 Å². The minimum absolute atomic E-state index is 0.0833. The molecule has 3 N–H and O–H groups in total. The van der Waals surface area contributed by atoms with Crippen LogP contribution in [0.25, 0.3) is 0 Å². The van der Waals surface area contributed by atoms with Crippen molar-refractivity contribution in [3.8, 4) is 0 Å². The van der Waals surface area contributed by atoms with Gasteiger partial charge >= 0.3 is 6.18 Å². The molecule has 1 rings (SSSR count). The number of aliphatic hydroxyl groups is 1. The van der Waals surface area contributed by atoms with E-state index in [1.165, 1.54) is 13.0 Å². The lowest BCUT2D eigenvalue weighted by Gasteiger charge is -2.21. The summed E-state index contributed by atoms with van der Waals surface area (Å²) in [5.74, 6) is 0. The highest BCUT2D eigenvalue weighted by atomic mass is 19.4. The average Bonchev–Trinajstić information content (AvgIpc) is 2.17. The first-order valence-corrected chi connectivity index (χ1v) is 4.23. The fraction of sp³-hybridized carbons (Fsp3) is 0.444. The molecule has 1 heterocycles. The van der Waals surface area contributed by atoms with Crippen molar-refractivity contribution in [2.45, 2.75) is 18.7 Å². The molecule has 6 heteroatoms. The largest absolute Gasteiger partial charge is 0.433 e. The summed E-state index contributed by atoms with van der Waals surface area (Å²) in [4.78, 5) is 3.22. The van der Waals surface area contributed by atoms with Crippen molar-refractivity contribution >= 4 is 0 Å². The Bertz CT molecular complexity index is 332. The van der Waals surface area contributed by atoms with Crippen LogP contribution in [0.2, 0.25) is 0 Å². The molecule has 1 aromatic rings. The Morgan fingerprint density at radius 2 is 2.00 bits per heavy atom. The van der Waals surface area contributed by atoms with Crippen molar-refractivity contribution in [3.05, 3.63) is 29.6 Å². The lowest BCUT2D eigenvalue weighted by atomic mass is 9.98. The molecule has 0 aliphatic heterocycles. The number of hydrogen-bond acceptors (Lipinski definition) is 3. The van der Waals surface area contributed by atoms with Gasteiger partial charge in [-0.2, -0.15) is 13.2 Å². The zero-order chi connectivity index (χ0) is 11.7. The Morgan fingerprint density at radius 1 is 1.40 bits per heavy atom. The van der Waals surface area contributed by atoms with Gasteiger partial charge in [-0.25, -0.2) is 0 Å². The molecular formula is C9H11F3N2O. The fourth-order valence-electron chi connectivity index (χ4n) is 0.998. The number of halogens is 3. The Labute approximate surface area is 84.7 Å². The lowest BCUT2D eigenvalue weighted by molar-refractivity contribution is -0.141. The second-order valence-electron chi connectivity index (χ2n) is 3.41. The van der Waals surface area contributed by atoms with Gasteiger partial charge in [0.2, 0.25) is 0 Å². The lowest BCUT2D eigenvalue weighted by Crippen LogP contribution is -2.31. The van der Waals surface area contributed by atoms with E-state index in [4.69, 9.17) is 5.73 Å². The molecule has 0 fully saturated rings. The van der Waals surface area contributed by atoms with Crippen LogP contribution >= 0.6 is 0 Å². The number of nitrogens with zero attached hydrogens (tertiary/aromatic N) is 1. The molecule has 0 saturated heterocycles. The minimum atomic E-state index is -4.47. The molecule has 0 saturated carbocycles. The first-order valence-electron chi connectivity index (χ1n) is 4.23. The predicted molar refractivity (Wildman–Crippen MR) is 47.9 cm³/mol. The van der Waals surface area contributed by atoms with E-state index in [0.717, 1.165) is 12.3 Å². The molecule has 1 unspecified atom stereocenters. The molecule has 1 atom stereocenters. The second kappa shape index (κ2) is 3.79. The van der Waals surface area contributed by atoms with E-state index in [1.54, 1.807) is 0 Å². The smallest absolute Gasteiger partial charge is 0.384 e. The third kappa shape index (κ3) is 2.66. The zero-order valence-electron chi connectivity index (χ0n) is 8.04. The molecule has 0 aliphatic carbocycles. The monoisotopic (exact) mass is 220 g/mol. The van der Waals surface area contributed by atoms with E-state index in [-0.39, 0.29) is 12.1 Å². The summed E-state index contributed by atoms with van der Waals surface area (Å²) >= 11 is 0. The van der Waals surface area contributed by atoms with E-state index in [9.17, 15) is 18.3 Å². The van der Waals surface area contributed by atoms with Crippen molar-refractivity contribution in [2.24, 2.45) is 5.73 Å². The molecule has 0 radical (unpaired) electrons. The highest BCUT2D eigenvalue weighted by molar-refractivity contribution is 5.21. The van der Waals surface area contributed by atoms with Gasteiger partial charge in [-0.3, -0.25) is 4.98 Å². The van der Waals surface area contributed by atoms with E-state index in [0.29, 0.717) is 0 Å². The van der Waals surface area contributed by atoms with Crippen LogP contribution < -0.4 is 5.73 Å². The topological polar surface area (TPSA) is 59.1 Å². The maximum absolute atomic E-state index is 12.1. The van der Waals surface area contributed by atoms with Crippen LogP contribution in [0.3, 0.4) is 0 Å². The van der Waals surface area contributed by atoms with Gasteiger partial charge in [0.05, 0.1) is 0 Å². The first-order chi connectivity index (χ1) is 6.77. The van der Waals surface area contributed by atoms with Crippen molar-refractivity contribution < 1.29 is 18.3 Å². The third-order valence-corrected chi connectivity index (χ3v) is 2.07. The summed E-state index contributed by atoms with van der Waals surface area (Å²) in [7, 11) is 0. The number of alkyl halides is 3. The van der Waals surface area contributed by atoms with E-state index in [1.807, 2.05) is 0 Å².